The van der Waals surface area contributed by atoms with Gasteiger partial charge in [-0.05, 0) is 205 Å². The monoisotopic (exact) mass is 1080 g/mol. The molecule has 402 valence electrons. The molecule has 0 aliphatic heterocycles. The lowest BCUT2D eigenvalue weighted by Gasteiger charge is -2.26. The molecule has 84 heavy (non-hydrogen) atoms. The molecule has 0 atom stereocenters. The molecule has 0 saturated carbocycles. The van der Waals surface area contributed by atoms with Crippen LogP contribution in [0.3, 0.4) is 0 Å². The van der Waals surface area contributed by atoms with Crippen LogP contribution in [0.1, 0.15) is 22.3 Å². The predicted octanol–water partition coefficient (Wildman–Crippen LogP) is 22.1. The second kappa shape index (κ2) is 22.0. The van der Waals surface area contributed by atoms with E-state index in [1.54, 1.807) is 0 Å². The molecule has 0 aliphatic carbocycles. The number of nitrogens with zero attached hydrogens (tertiary/aromatic N) is 4. The van der Waals surface area contributed by atoms with E-state index in [9.17, 15) is 0 Å². The first-order valence-corrected chi connectivity index (χ1v) is 29.0. The van der Waals surface area contributed by atoms with Crippen LogP contribution in [0.2, 0.25) is 0 Å². The molecule has 0 bridgehead atoms. The molecular formula is C80H62N4. The highest BCUT2D eigenvalue weighted by atomic mass is 15.1. The zero-order valence-electron chi connectivity index (χ0n) is 47.7. The van der Waals surface area contributed by atoms with Gasteiger partial charge in [0.15, 0.2) is 0 Å². The van der Waals surface area contributed by atoms with Crippen molar-refractivity contribution in [2.24, 2.45) is 0 Å². The molecule has 0 unspecified atom stereocenters. The number of rotatable bonds is 13. The Balaban J connectivity index is 0.848. The predicted molar refractivity (Wildman–Crippen MR) is 356 cm³/mol. The van der Waals surface area contributed by atoms with E-state index >= 15 is 0 Å². The standard InChI is InChI=1S/C80H62N4/c1-55-31-37-67(38-32-55)81(73-29-17-27-63(51-73)59-19-9-5-10-20-59)69-41-45-71(46-42-69)83-77-49-35-65(53-75(77)57(3)79(83)61-23-13-7-14-24-61)66-36-50-78-76(54-66)58(4)80(62-25-15-8-16-26-62)84(78)72-47-43-70(44-48-72)82(68-39-33-56(2)34-40-68)74-30-18-28-64(52-74)60-21-11-6-12-22-60/h5-54H,1-4H3. The average molecular weight is 1080 g/mol. The van der Waals surface area contributed by atoms with Crippen molar-refractivity contribution < 1.29 is 0 Å². The molecule has 0 amide bonds. The molecule has 4 heteroatoms. The van der Waals surface area contributed by atoms with Crippen molar-refractivity contribution in [2.45, 2.75) is 27.7 Å². The molecular weight excluding hydrogens is 1020 g/mol. The van der Waals surface area contributed by atoms with Crippen molar-refractivity contribution in [2.75, 3.05) is 9.80 Å². The van der Waals surface area contributed by atoms with Gasteiger partial charge in [0, 0.05) is 56.3 Å². The Hall–Kier alpha value is -10.7. The van der Waals surface area contributed by atoms with E-state index in [0.29, 0.717) is 0 Å². The molecule has 0 spiro atoms. The molecule has 0 N–H and O–H groups in total. The highest BCUT2D eigenvalue weighted by Gasteiger charge is 2.23. The second-order valence-electron chi connectivity index (χ2n) is 22.0. The van der Waals surface area contributed by atoms with Crippen LogP contribution in [-0.2, 0) is 0 Å². The SMILES string of the molecule is Cc1ccc(N(c2ccc(-n3c(-c4ccccc4)c(C)c4cc(-c5ccc6c(c5)c(C)c(-c5ccccc5)n6-c5ccc(N(c6ccc(C)cc6)c6cccc(-c7ccccc7)c6)cc5)ccc43)cc2)c2cccc(-c3ccccc3)c2)cc1. The smallest absolute Gasteiger partial charge is 0.0570 e. The van der Waals surface area contributed by atoms with Gasteiger partial charge in [-0.1, -0.05) is 193 Å². The van der Waals surface area contributed by atoms with Gasteiger partial charge in [0.2, 0.25) is 0 Å². The Kier molecular flexibility index (Phi) is 13.5. The van der Waals surface area contributed by atoms with Crippen molar-refractivity contribution in [3.63, 3.8) is 0 Å². The summed E-state index contributed by atoms with van der Waals surface area (Å²) in [6.07, 6.45) is 0. The van der Waals surface area contributed by atoms with Gasteiger partial charge in [0.25, 0.3) is 0 Å². The number of aryl methyl sites for hydroxylation is 4. The Labute approximate surface area is 492 Å². The van der Waals surface area contributed by atoms with Crippen molar-refractivity contribution in [1.82, 2.24) is 9.13 Å². The molecule has 0 fully saturated rings. The molecule has 12 aromatic carbocycles. The van der Waals surface area contributed by atoms with Gasteiger partial charge in [0.1, 0.15) is 0 Å². The summed E-state index contributed by atoms with van der Waals surface area (Å²) in [6, 6.07) is 111. The average Bonchev–Trinajstić information content (AvgIpc) is 2.20. The fourth-order valence-electron chi connectivity index (χ4n) is 12.4. The van der Waals surface area contributed by atoms with Crippen LogP contribution in [-0.4, -0.2) is 9.13 Å². The van der Waals surface area contributed by atoms with E-state index in [4.69, 9.17) is 0 Å². The van der Waals surface area contributed by atoms with Crippen molar-refractivity contribution in [3.8, 4) is 67.3 Å². The lowest BCUT2D eigenvalue weighted by atomic mass is 9.99. The van der Waals surface area contributed by atoms with E-state index in [0.717, 1.165) is 56.5 Å². The highest BCUT2D eigenvalue weighted by molar-refractivity contribution is 6.00. The molecule has 14 rings (SSSR count). The Morgan fingerprint density at radius 2 is 0.524 bits per heavy atom. The van der Waals surface area contributed by atoms with E-state index < -0.39 is 0 Å². The summed E-state index contributed by atoms with van der Waals surface area (Å²) in [7, 11) is 0. The Morgan fingerprint density at radius 3 is 0.869 bits per heavy atom. The first kappa shape index (κ1) is 51.5. The van der Waals surface area contributed by atoms with Crippen LogP contribution >= 0.6 is 0 Å². The molecule has 0 aliphatic rings. The lowest BCUT2D eigenvalue weighted by Crippen LogP contribution is -2.10. The van der Waals surface area contributed by atoms with Crippen LogP contribution < -0.4 is 9.80 Å². The molecule has 2 heterocycles. The molecule has 2 aromatic heterocycles. The van der Waals surface area contributed by atoms with E-state index in [-0.39, 0.29) is 0 Å². The van der Waals surface area contributed by atoms with E-state index in [2.05, 4.69) is 350 Å². The Morgan fingerprint density at radius 1 is 0.226 bits per heavy atom. The van der Waals surface area contributed by atoms with Gasteiger partial charge >= 0.3 is 0 Å². The van der Waals surface area contributed by atoms with Crippen LogP contribution in [0.5, 0.6) is 0 Å². The van der Waals surface area contributed by atoms with Gasteiger partial charge < -0.3 is 18.9 Å². The molecule has 14 aromatic rings. The van der Waals surface area contributed by atoms with E-state index in [1.807, 2.05) is 0 Å². The molecule has 0 saturated heterocycles. The van der Waals surface area contributed by atoms with Gasteiger partial charge in [-0.15, -0.1) is 0 Å². The minimum atomic E-state index is 1.09. The quantitative estimate of drug-likeness (QED) is 0.114. The van der Waals surface area contributed by atoms with Gasteiger partial charge in [-0.2, -0.15) is 0 Å². The molecule has 4 nitrogen and oxygen atoms in total. The largest absolute Gasteiger partial charge is 0.310 e. The number of hydrogen-bond donors (Lipinski definition) is 0. The fourth-order valence-corrected chi connectivity index (χ4v) is 12.4. The van der Waals surface area contributed by atoms with Crippen molar-refractivity contribution in [1.29, 1.82) is 0 Å². The second-order valence-corrected chi connectivity index (χ2v) is 22.0. The number of anilines is 6. The van der Waals surface area contributed by atoms with Crippen molar-refractivity contribution in [3.05, 3.63) is 326 Å². The topological polar surface area (TPSA) is 16.3 Å². The van der Waals surface area contributed by atoms with E-state index in [1.165, 1.54) is 88.9 Å². The summed E-state index contributed by atoms with van der Waals surface area (Å²) >= 11 is 0. The zero-order valence-corrected chi connectivity index (χ0v) is 47.7. The van der Waals surface area contributed by atoms with Crippen LogP contribution in [0.25, 0.3) is 89.1 Å². The summed E-state index contributed by atoms with van der Waals surface area (Å²) in [5.74, 6) is 0. The van der Waals surface area contributed by atoms with Crippen LogP contribution in [0, 0.1) is 27.7 Å². The molecule has 0 radical (unpaired) electrons. The number of fused-ring (bicyclic) bond motifs is 2. The van der Waals surface area contributed by atoms with Gasteiger partial charge in [-0.25, -0.2) is 0 Å². The normalized spacial score (nSPS) is 11.3. The Bertz CT molecular complexity index is 4340. The summed E-state index contributed by atoms with van der Waals surface area (Å²) in [6.45, 7) is 8.85. The third-order valence-electron chi connectivity index (χ3n) is 16.6. The van der Waals surface area contributed by atoms with Crippen LogP contribution in [0.4, 0.5) is 34.1 Å². The van der Waals surface area contributed by atoms with Crippen molar-refractivity contribution >= 4 is 55.9 Å². The van der Waals surface area contributed by atoms with Gasteiger partial charge in [-0.3, -0.25) is 0 Å². The van der Waals surface area contributed by atoms with Crippen LogP contribution in [0.15, 0.2) is 303 Å². The highest BCUT2D eigenvalue weighted by Crippen LogP contribution is 2.44. The third kappa shape index (κ3) is 9.63. The maximum Gasteiger partial charge on any atom is 0.0570 e. The third-order valence-corrected chi connectivity index (χ3v) is 16.6. The minimum absolute atomic E-state index is 1.09. The first-order valence-electron chi connectivity index (χ1n) is 29.0. The first-order chi connectivity index (χ1) is 41.3. The number of benzene rings is 12. The maximum atomic E-state index is 2.45. The summed E-state index contributed by atoms with van der Waals surface area (Å²) in [5, 5.41) is 2.45. The fraction of sp³-hybridized carbons (Fsp3) is 0.0500. The summed E-state index contributed by atoms with van der Waals surface area (Å²) < 4.78 is 4.90. The maximum absolute atomic E-state index is 2.45. The minimum Gasteiger partial charge on any atom is -0.310 e. The van der Waals surface area contributed by atoms with Gasteiger partial charge in [0.05, 0.1) is 22.4 Å². The number of hydrogen-bond acceptors (Lipinski definition) is 2. The number of aromatic nitrogens is 2. The lowest BCUT2D eigenvalue weighted by molar-refractivity contribution is 1.12. The zero-order chi connectivity index (χ0) is 56.7. The summed E-state index contributed by atoms with van der Waals surface area (Å²) in [5.41, 5.74) is 27.9. The summed E-state index contributed by atoms with van der Waals surface area (Å²) in [4.78, 5) is 4.72.